The van der Waals surface area contributed by atoms with Gasteiger partial charge in [-0.2, -0.15) is 0 Å². The molecule has 2 heteroatoms. The molecule has 94 valence electrons. The van der Waals surface area contributed by atoms with Crippen molar-refractivity contribution >= 4 is 5.69 Å². The maximum atomic E-state index is 9.72. The summed E-state index contributed by atoms with van der Waals surface area (Å²) in [7, 11) is 0. The molecule has 2 N–H and O–H groups in total. The maximum Gasteiger partial charge on any atom is 0.0630 e. The minimum absolute atomic E-state index is 0.0165. The lowest BCUT2D eigenvalue weighted by Gasteiger charge is -2.49. The summed E-state index contributed by atoms with van der Waals surface area (Å²) >= 11 is 0. The molecule has 2 rings (SSSR count). The van der Waals surface area contributed by atoms with E-state index in [4.69, 9.17) is 0 Å². The zero-order valence-electron chi connectivity index (χ0n) is 11.2. The van der Waals surface area contributed by atoms with Crippen LogP contribution in [0.4, 0.5) is 5.69 Å². The van der Waals surface area contributed by atoms with Crippen molar-refractivity contribution < 1.29 is 5.11 Å². The number of rotatable bonds is 3. The Kier molecular flexibility index (Phi) is 3.17. The Morgan fingerprint density at radius 2 is 2.12 bits per heavy atom. The number of aliphatic hydroxyl groups excluding tert-OH is 1. The van der Waals surface area contributed by atoms with E-state index in [1.54, 1.807) is 0 Å². The molecule has 17 heavy (non-hydrogen) atoms. The monoisotopic (exact) mass is 233 g/mol. The van der Waals surface area contributed by atoms with Crippen LogP contribution in [0.25, 0.3) is 0 Å². The van der Waals surface area contributed by atoms with E-state index in [0.717, 1.165) is 12.8 Å². The molecular formula is C15H23NO. The Hall–Kier alpha value is -1.02. The van der Waals surface area contributed by atoms with Crippen molar-refractivity contribution in [3.8, 4) is 0 Å². The first kappa shape index (κ1) is 12.4. The normalized spacial score (nSPS) is 26.4. The standard InChI is InChI=1S/C15H23NO/c1-5-11-6-7-12(8-10(11)2)16-13-9-14(17)15(13,3)4/h6-8,13-14,16-17H,5,9H2,1-4H3. The van der Waals surface area contributed by atoms with Gasteiger partial charge in [0.1, 0.15) is 0 Å². The van der Waals surface area contributed by atoms with Gasteiger partial charge < -0.3 is 10.4 Å². The van der Waals surface area contributed by atoms with Crippen molar-refractivity contribution in [1.82, 2.24) is 0 Å². The molecule has 2 nitrogen and oxygen atoms in total. The van der Waals surface area contributed by atoms with Crippen LogP contribution in [0.3, 0.4) is 0 Å². The SMILES string of the molecule is CCc1ccc(NC2CC(O)C2(C)C)cc1C. The quantitative estimate of drug-likeness (QED) is 0.840. The van der Waals surface area contributed by atoms with E-state index < -0.39 is 0 Å². The molecule has 2 unspecified atom stereocenters. The summed E-state index contributed by atoms with van der Waals surface area (Å²) < 4.78 is 0. The third-order valence-electron chi connectivity index (χ3n) is 4.28. The average molecular weight is 233 g/mol. The van der Waals surface area contributed by atoms with Gasteiger partial charge in [-0.25, -0.2) is 0 Å². The summed E-state index contributed by atoms with van der Waals surface area (Å²) in [6.07, 6.45) is 1.76. The highest BCUT2D eigenvalue weighted by molar-refractivity contribution is 5.50. The van der Waals surface area contributed by atoms with Gasteiger partial charge in [-0.1, -0.05) is 26.8 Å². The molecule has 0 aliphatic heterocycles. The van der Waals surface area contributed by atoms with Crippen LogP contribution < -0.4 is 5.32 Å². The molecule has 1 aliphatic rings. The number of anilines is 1. The summed E-state index contributed by atoms with van der Waals surface area (Å²) in [4.78, 5) is 0. The smallest absolute Gasteiger partial charge is 0.0630 e. The molecule has 0 spiro atoms. The minimum Gasteiger partial charge on any atom is -0.392 e. The predicted molar refractivity (Wildman–Crippen MR) is 72.4 cm³/mol. The molecule has 1 aliphatic carbocycles. The summed E-state index contributed by atoms with van der Waals surface area (Å²) in [5.74, 6) is 0. The molecule has 2 atom stereocenters. The average Bonchev–Trinajstić information content (AvgIpc) is 2.29. The lowest BCUT2D eigenvalue weighted by molar-refractivity contribution is -0.0510. The van der Waals surface area contributed by atoms with Crippen molar-refractivity contribution in [2.75, 3.05) is 5.32 Å². The van der Waals surface area contributed by atoms with E-state index >= 15 is 0 Å². The topological polar surface area (TPSA) is 32.3 Å². The second-order valence-electron chi connectivity index (χ2n) is 5.76. The van der Waals surface area contributed by atoms with Crippen molar-refractivity contribution in [2.24, 2.45) is 5.41 Å². The summed E-state index contributed by atoms with van der Waals surface area (Å²) in [6.45, 7) is 8.57. The number of aliphatic hydroxyl groups is 1. The van der Waals surface area contributed by atoms with E-state index in [0.29, 0.717) is 6.04 Å². The van der Waals surface area contributed by atoms with E-state index in [1.807, 2.05) is 0 Å². The third kappa shape index (κ3) is 2.19. The van der Waals surface area contributed by atoms with Crippen LogP contribution in [0.5, 0.6) is 0 Å². The van der Waals surface area contributed by atoms with Crippen LogP contribution in [0.15, 0.2) is 18.2 Å². The molecule has 0 bridgehead atoms. The molecule has 1 aromatic rings. The van der Waals surface area contributed by atoms with Gasteiger partial charge in [0.15, 0.2) is 0 Å². The minimum atomic E-state index is -0.170. The van der Waals surface area contributed by atoms with Crippen LogP contribution in [0.2, 0.25) is 0 Å². The largest absolute Gasteiger partial charge is 0.392 e. The van der Waals surface area contributed by atoms with Crippen LogP contribution in [-0.2, 0) is 6.42 Å². The molecular weight excluding hydrogens is 210 g/mol. The second kappa shape index (κ2) is 4.34. The molecule has 0 amide bonds. The predicted octanol–water partition coefficient (Wildman–Crippen LogP) is 3.13. The van der Waals surface area contributed by atoms with E-state index in [-0.39, 0.29) is 11.5 Å². The van der Waals surface area contributed by atoms with Crippen LogP contribution in [0.1, 0.15) is 38.3 Å². The van der Waals surface area contributed by atoms with Crippen LogP contribution in [0, 0.1) is 12.3 Å². The molecule has 1 fully saturated rings. The van der Waals surface area contributed by atoms with Gasteiger partial charge in [-0.05, 0) is 43.0 Å². The summed E-state index contributed by atoms with van der Waals surface area (Å²) in [6, 6.07) is 6.93. The number of hydrogen-bond donors (Lipinski definition) is 2. The van der Waals surface area contributed by atoms with Gasteiger partial charge in [-0.3, -0.25) is 0 Å². The molecule has 0 saturated heterocycles. The highest BCUT2D eigenvalue weighted by Crippen LogP contribution is 2.42. The van der Waals surface area contributed by atoms with Gasteiger partial charge in [0.05, 0.1) is 6.10 Å². The maximum absolute atomic E-state index is 9.72. The Morgan fingerprint density at radius 3 is 2.59 bits per heavy atom. The Bertz CT molecular complexity index is 411. The first-order valence-electron chi connectivity index (χ1n) is 6.49. The lowest BCUT2D eigenvalue weighted by atomic mass is 9.64. The number of aryl methyl sites for hydroxylation is 2. The zero-order valence-corrected chi connectivity index (χ0v) is 11.2. The van der Waals surface area contributed by atoms with Gasteiger partial charge >= 0.3 is 0 Å². The van der Waals surface area contributed by atoms with Crippen molar-refractivity contribution in [3.05, 3.63) is 29.3 Å². The Morgan fingerprint density at radius 1 is 1.41 bits per heavy atom. The van der Waals surface area contributed by atoms with E-state index in [1.165, 1.54) is 16.8 Å². The van der Waals surface area contributed by atoms with Gasteiger partial charge in [0.25, 0.3) is 0 Å². The zero-order chi connectivity index (χ0) is 12.6. The summed E-state index contributed by atoms with van der Waals surface area (Å²) in [5.41, 5.74) is 3.90. The molecule has 1 saturated carbocycles. The van der Waals surface area contributed by atoms with E-state index in [9.17, 15) is 5.11 Å². The molecule has 0 aromatic heterocycles. The van der Waals surface area contributed by atoms with Crippen molar-refractivity contribution in [1.29, 1.82) is 0 Å². The fourth-order valence-corrected chi connectivity index (χ4v) is 2.53. The van der Waals surface area contributed by atoms with Gasteiger partial charge in [-0.15, -0.1) is 0 Å². The molecule has 0 radical (unpaired) electrons. The van der Waals surface area contributed by atoms with Crippen molar-refractivity contribution in [2.45, 2.75) is 52.7 Å². The highest BCUT2D eigenvalue weighted by atomic mass is 16.3. The Balaban J connectivity index is 2.08. The van der Waals surface area contributed by atoms with Crippen molar-refractivity contribution in [3.63, 3.8) is 0 Å². The number of nitrogens with one attached hydrogen (secondary N) is 1. The summed E-state index contributed by atoms with van der Waals surface area (Å²) in [5, 5.41) is 13.3. The third-order valence-corrected chi connectivity index (χ3v) is 4.28. The fraction of sp³-hybridized carbons (Fsp3) is 0.600. The van der Waals surface area contributed by atoms with Crippen LogP contribution in [-0.4, -0.2) is 17.3 Å². The molecule has 0 heterocycles. The first-order chi connectivity index (χ1) is 7.95. The van der Waals surface area contributed by atoms with Gasteiger partial charge in [0.2, 0.25) is 0 Å². The Labute approximate surface area is 104 Å². The van der Waals surface area contributed by atoms with Crippen LogP contribution >= 0.6 is 0 Å². The second-order valence-corrected chi connectivity index (χ2v) is 5.76. The first-order valence-corrected chi connectivity index (χ1v) is 6.49. The highest BCUT2D eigenvalue weighted by Gasteiger charge is 2.47. The van der Waals surface area contributed by atoms with E-state index in [2.05, 4.69) is 51.2 Å². The molecule has 1 aromatic carbocycles. The fourth-order valence-electron chi connectivity index (χ4n) is 2.53. The number of hydrogen-bond acceptors (Lipinski definition) is 2. The lowest BCUT2D eigenvalue weighted by Crippen LogP contribution is -2.56. The number of benzene rings is 1. The van der Waals surface area contributed by atoms with Gasteiger partial charge in [0, 0.05) is 17.1 Å².